The van der Waals surface area contributed by atoms with E-state index in [1.54, 1.807) is 17.0 Å². The van der Waals surface area contributed by atoms with Crippen LogP contribution in [-0.4, -0.2) is 39.1 Å². The van der Waals surface area contributed by atoms with Gasteiger partial charge in [0, 0.05) is 58.5 Å². The zero-order valence-electron chi connectivity index (χ0n) is 21.4. The van der Waals surface area contributed by atoms with E-state index in [4.69, 9.17) is 21.3 Å². The van der Waals surface area contributed by atoms with Crippen molar-refractivity contribution >= 4 is 22.5 Å². The maximum atomic E-state index is 14.1. The predicted molar refractivity (Wildman–Crippen MR) is 151 cm³/mol. The second kappa shape index (κ2) is 11.8. The average Bonchev–Trinajstić information content (AvgIpc) is 3.54. The lowest BCUT2D eigenvalue weighted by molar-refractivity contribution is 0.228. The summed E-state index contributed by atoms with van der Waals surface area (Å²) in [6, 6.07) is 10.9. The van der Waals surface area contributed by atoms with Crippen LogP contribution in [-0.2, 0) is 12.4 Å². The van der Waals surface area contributed by atoms with Crippen molar-refractivity contribution in [3.8, 4) is 5.88 Å². The Balaban J connectivity index is 1.13. The van der Waals surface area contributed by atoms with Gasteiger partial charge in [0.1, 0.15) is 12.4 Å². The van der Waals surface area contributed by atoms with Crippen LogP contribution in [0.4, 0.5) is 4.39 Å². The highest BCUT2D eigenvalue weighted by Gasteiger charge is 2.24. The molecule has 1 saturated heterocycles. The van der Waals surface area contributed by atoms with E-state index in [-0.39, 0.29) is 23.3 Å². The number of rotatable bonds is 9. The largest absolute Gasteiger partial charge is 0.473 e. The summed E-state index contributed by atoms with van der Waals surface area (Å²) < 4.78 is 22.2. The summed E-state index contributed by atoms with van der Waals surface area (Å²) in [6.45, 7) is 7.68. The molecule has 3 aromatic rings. The van der Waals surface area contributed by atoms with E-state index in [1.807, 2.05) is 24.7 Å². The fraction of sp³-hybridized carbons (Fsp3) is 0.379. The van der Waals surface area contributed by atoms with Gasteiger partial charge in [0.2, 0.25) is 5.88 Å². The Kier molecular flexibility index (Phi) is 8.33. The molecule has 2 aromatic heterocycles. The Labute approximate surface area is 226 Å². The SMILES string of the molecule is CC(C)n1cncc1C[SH]1C=CC=C1CN1CCC(c2cccc(OCc3ccc(Cl)cc3F)n2)CC1. The number of halogens is 2. The van der Waals surface area contributed by atoms with Crippen molar-refractivity contribution in [3.63, 3.8) is 0 Å². The van der Waals surface area contributed by atoms with Crippen LogP contribution in [0.15, 0.2) is 71.4 Å². The third-order valence-electron chi connectivity index (χ3n) is 7.09. The van der Waals surface area contributed by atoms with E-state index in [0.717, 1.165) is 43.9 Å². The van der Waals surface area contributed by atoms with Crippen LogP contribution in [0.2, 0.25) is 5.02 Å². The molecule has 196 valence electrons. The van der Waals surface area contributed by atoms with Gasteiger partial charge in [-0.05, 0) is 68.3 Å². The molecule has 1 aromatic carbocycles. The van der Waals surface area contributed by atoms with Gasteiger partial charge in [-0.3, -0.25) is 4.90 Å². The molecule has 0 aliphatic carbocycles. The van der Waals surface area contributed by atoms with Crippen molar-refractivity contribution in [3.05, 3.63) is 99.2 Å². The van der Waals surface area contributed by atoms with Crippen molar-refractivity contribution in [2.24, 2.45) is 0 Å². The van der Waals surface area contributed by atoms with Gasteiger partial charge < -0.3 is 9.30 Å². The van der Waals surface area contributed by atoms with Crippen molar-refractivity contribution in [2.45, 2.75) is 51.0 Å². The number of aromatic nitrogens is 3. The number of piperidine rings is 1. The van der Waals surface area contributed by atoms with E-state index in [9.17, 15) is 4.39 Å². The molecule has 0 radical (unpaired) electrons. The Hall–Kier alpha value is -2.61. The maximum Gasteiger partial charge on any atom is 0.213 e. The molecule has 4 heterocycles. The number of allylic oxidation sites excluding steroid dienone is 2. The van der Waals surface area contributed by atoms with Gasteiger partial charge in [-0.25, -0.2) is 25.3 Å². The highest BCUT2D eigenvalue weighted by molar-refractivity contribution is 8.22. The molecule has 37 heavy (non-hydrogen) atoms. The Morgan fingerprint density at radius 1 is 1.19 bits per heavy atom. The first-order valence-electron chi connectivity index (χ1n) is 12.9. The Bertz CT molecular complexity index is 1280. The minimum absolute atomic E-state index is 0.127. The minimum Gasteiger partial charge on any atom is -0.473 e. The van der Waals surface area contributed by atoms with Crippen LogP contribution in [0.25, 0.3) is 0 Å². The fourth-order valence-electron chi connectivity index (χ4n) is 4.99. The first-order chi connectivity index (χ1) is 18.0. The normalized spacial score (nSPS) is 19.5. The quantitative estimate of drug-likeness (QED) is 0.296. The standard InChI is InChI=1S/C29H34ClFN4OS/c1-21(2)35-20-32-16-25(35)19-37-14-4-5-26(37)17-34-12-10-22(11-13-34)28-6-3-7-29(33-28)36-18-23-8-9-24(30)15-27(23)31/h3-9,14-16,20-22,37H,10-13,17-19H2,1-2H3. The summed E-state index contributed by atoms with van der Waals surface area (Å²) in [4.78, 5) is 13.3. The van der Waals surface area contributed by atoms with E-state index < -0.39 is 0 Å². The number of thiol groups is 1. The van der Waals surface area contributed by atoms with Crippen molar-refractivity contribution in [1.29, 1.82) is 0 Å². The second-order valence-corrected chi connectivity index (χ2v) is 12.6. The second-order valence-electron chi connectivity index (χ2n) is 9.99. The number of ether oxygens (including phenoxy) is 1. The van der Waals surface area contributed by atoms with Gasteiger partial charge in [-0.1, -0.05) is 35.9 Å². The zero-order chi connectivity index (χ0) is 25.8. The van der Waals surface area contributed by atoms with Crippen LogP contribution >= 0.6 is 22.5 Å². The number of hydrogen-bond acceptors (Lipinski definition) is 4. The van der Waals surface area contributed by atoms with E-state index in [0.29, 0.717) is 28.4 Å². The summed E-state index contributed by atoms with van der Waals surface area (Å²) in [5.41, 5.74) is 2.85. The summed E-state index contributed by atoms with van der Waals surface area (Å²) in [7, 11) is -0.297. The molecule has 0 spiro atoms. The number of pyridine rings is 1. The van der Waals surface area contributed by atoms with Crippen LogP contribution in [0, 0.1) is 5.82 Å². The van der Waals surface area contributed by atoms with Gasteiger partial charge in [-0.2, -0.15) is 0 Å². The van der Waals surface area contributed by atoms with Crippen LogP contribution < -0.4 is 4.74 Å². The molecular weight excluding hydrogens is 507 g/mol. The van der Waals surface area contributed by atoms with E-state index in [2.05, 4.69) is 51.9 Å². The molecule has 8 heteroatoms. The first kappa shape index (κ1) is 26.0. The van der Waals surface area contributed by atoms with Gasteiger partial charge in [-0.15, -0.1) is 0 Å². The Morgan fingerprint density at radius 3 is 2.81 bits per heavy atom. The fourth-order valence-corrected chi connectivity index (χ4v) is 7.19. The van der Waals surface area contributed by atoms with Gasteiger partial charge in [0.25, 0.3) is 0 Å². The number of benzene rings is 1. The summed E-state index contributed by atoms with van der Waals surface area (Å²) in [6.07, 6.45) is 10.7. The number of likely N-dealkylation sites (tertiary alicyclic amines) is 1. The highest BCUT2D eigenvalue weighted by Crippen LogP contribution is 2.45. The van der Waals surface area contributed by atoms with Crippen LogP contribution in [0.1, 0.15) is 55.6 Å². The van der Waals surface area contributed by atoms with Gasteiger partial charge >= 0.3 is 0 Å². The first-order valence-corrected chi connectivity index (χ1v) is 14.8. The molecule has 2 aliphatic rings. The summed E-state index contributed by atoms with van der Waals surface area (Å²) in [5.74, 6) is 1.63. The van der Waals surface area contributed by atoms with Crippen LogP contribution in [0.5, 0.6) is 5.88 Å². The molecule has 0 bridgehead atoms. The zero-order valence-corrected chi connectivity index (χ0v) is 23.0. The van der Waals surface area contributed by atoms with E-state index >= 15 is 0 Å². The lowest BCUT2D eigenvalue weighted by Gasteiger charge is -2.33. The topological polar surface area (TPSA) is 43.2 Å². The van der Waals surface area contributed by atoms with Gasteiger partial charge in [0.15, 0.2) is 0 Å². The molecule has 0 amide bonds. The third-order valence-corrected chi connectivity index (χ3v) is 9.55. The van der Waals surface area contributed by atoms with Crippen molar-refractivity contribution < 1.29 is 9.13 Å². The van der Waals surface area contributed by atoms with Crippen LogP contribution in [0.3, 0.4) is 0 Å². The predicted octanol–water partition coefficient (Wildman–Crippen LogP) is 7.02. The Morgan fingerprint density at radius 2 is 2.03 bits per heavy atom. The molecule has 0 saturated carbocycles. The van der Waals surface area contributed by atoms with Crippen molar-refractivity contribution in [1.82, 2.24) is 19.4 Å². The maximum absolute atomic E-state index is 14.1. The number of imidazole rings is 1. The molecule has 0 N–H and O–H groups in total. The summed E-state index contributed by atoms with van der Waals surface area (Å²) >= 11 is 5.84. The van der Waals surface area contributed by atoms with Gasteiger partial charge in [0.05, 0.1) is 6.33 Å². The average molecular weight is 541 g/mol. The third kappa shape index (κ3) is 6.46. The molecule has 2 aliphatic heterocycles. The minimum atomic E-state index is -0.363. The number of hydrogen-bond donors (Lipinski definition) is 1. The highest BCUT2D eigenvalue weighted by atomic mass is 35.5. The smallest absolute Gasteiger partial charge is 0.213 e. The molecular formula is C29H34ClFN4OS. The molecule has 1 unspecified atom stereocenters. The molecule has 1 atom stereocenters. The lowest BCUT2D eigenvalue weighted by atomic mass is 9.93. The van der Waals surface area contributed by atoms with Crippen molar-refractivity contribution in [2.75, 3.05) is 19.6 Å². The monoisotopic (exact) mass is 540 g/mol. The molecule has 5 rings (SSSR count). The molecule has 5 nitrogen and oxygen atoms in total. The summed E-state index contributed by atoms with van der Waals surface area (Å²) in [5, 5.41) is 2.77. The van der Waals surface area contributed by atoms with E-state index in [1.165, 1.54) is 11.8 Å². The number of nitrogens with zero attached hydrogens (tertiary/aromatic N) is 4. The lowest BCUT2D eigenvalue weighted by Crippen LogP contribution is -2.34. The molecule has 1 fully saturated rings.